The normalized spacial score (nSPS) is 44.9. The van der Waals surface area contributed by atoms with Gasteiger partial charge >= 0.3 is 0 Å². The predicted molar refractivity (Wildman–Crippen MR) is 102 cm³/mol. The van der Waals surface area contributed by atoms with Crippen molar-refractivity contribution in [2.24, 2.45) is 34.5 Å². The summed E-state index contributed by atoms with van der Waals surface area (Å²) in [5.74, 6) is 2.08. The Morgan fingerprint density at radius 3 is 2.72 bits per heavy atom. The average Bonchev–Trinajstić information content (AvgIpc) is 2.97. The molecule has 7 atom stereocenters. The van der Waals surface area contributed by atoms with E-state index < -0.39 is 6.10 Å². The molecule has 0 bridgehead atoms. The molecule has 0 amide bonds. The topological polar surface area (TPSA) is 40.5 Å². The highest BCUT2D eigenvalue weighted by atomic mass is 16.3. The number of hydrogen-bond donors (Lipinski definition) is 2. The van der Waals surface area contributed by atoms with E-state index in [0.717, 1.165) is 12.3 Å². The summed E-state index contributed by atoms with van der Waals surface area (Å²) in [4.78, 5) is 0. The van der Waals surface area contributed by atoms with E-state index in [1.165, 1.54) is 32.1 Å². The standard InChI is InChI=1S/C23H34O2/c1-15(21(25)14-24)18-9-10-19-17-8-7-16-6-4-5-12-22(16,2)20(17)11-13-23(18,19)3/h4,6-7,10,15,17-18,20-21,24-25H,5,8-9,11-14H2,1-3H3/t15?,17-,18+,20-,21?,22-,23+/m0/s1. The molecule has 4 rings (SSSR count). The molecule has 25 heavy (non-hydrogen) atoms. The Labute approximate surface area is 152 Å². The van der Waals surface area contributed by atoms with Gasteiger partial charge in [0, 0.05) is 0 Å². The predicted octanol–water partition coefficient (Wildman–Crippen LogP) is 4.64. The van der Waals surface area contributed by atoms with Crippen LogP contribution < -0.4 is 0 Å². The van der Waals surface area contributed by atoms with E-state index in [0.29, 0.717) is 17.3 Å². The molecular weight excluding hydrogens is 308 g/mol. The molecule has 2 nitrogen and oxygen atoms in total. The Kier molecular flexibility index (Phi) is 4.28. The van der Waals surface area contributed by atoms with Crippen LogP contribution in [-0.4, -0.2) is 22.9 Å². The van der Waals surface area contributed by atoms with Crippen molar-refractivity contribution in [2.45, 2.75) is 65.4 Å². The monoisotopic (exact) mass is 342 g/mol. The molecule has 0 saturated heterocycles. The van der Waals surface area contributed by atoms with Crippen LogP contribution in [0.1, 0.15) is 59.3 Å². The first-order valence-corrected chi connectivity index (χ1v) is 10.3. The van der Waals surface area contributed by atoms with Crippen LogP contribution in [0.3, 0.4) is 0 Å². The van der Waals surface area contributed by atoms with Gasteiger partial charge < -0.3 is 10.2 Å². The van der Waals surface area contributed by atoms with Crippen molar-refractivity contribution in [3.63, 3.8) is 0 Å². The maximum atomic E-state index is 10.2. The Morgan fingerprint density at radius 1 is 1.16 bits per heavy atom. The van der Waals surface area contributed by atoms with E-state index in [1.54, 1.807) is 11.1 Å². The van der Waals surface area contributed by atoms with Gasteiger partial charge in [-0.3, -0.25) is 0 Å². The summed E-state index contributed by atoms with van der Waals surface area (Å²) in [6.07, 6.45) is 16.5. The maximum Gasteiger partial charge on any atom is 0.0799 e. The molecule has 2 N–H and O–H groups in total. The molecular formula is C23H34O2. The zero-order valence-corrected chi connectivity index (χ0v) is 16.0. The number of fused-ring (bicyclic) bond motifs is 5. The smallest absolute Gasteiger partial charge is 0.0799 e. The minimum Gasteiger partial charge on any atom is -0.394 e. The summed E-state index contributed by atoms with van der Waals surface area (Å²) in [7, 11) is 0. The second-order valence-electron chi connectivity index (χ2n) is 9.53. The second kappa shape index (κ2) is 6.09. The Bertz CT molecular complexity index is 630. The number of rotatable bonds is 3. The summed E-state index contributed by atoms with van der Waals surface area (Å²) < 4.78 is 0. The van der Waals surface area contributed by atoms with Crippen LogP contribution in [0.4, 0.5) is 0 Å². The molecule has 0 heterocycles. The number of allylic oxidation sites excluding steroid dienone is 6. The van der Waals surface area contributed by atoms with Crippen molar-refractivity contribution in [2.75, 3.05) is 6.61 Å². The first-order valence-electron chi connectivity index (χ1n) is 10.3. The molecule has 4 aliphatic carbocycles. The van der Waals surface area contributed by atoms with Gasteiger partial charge in [-0.1, -0.05) is 50.6 Å². The highest BCUT2D eigenvalue weighted by Gasteiger charge is 2.55. The first kappa shape index (κ1) is 17.5. The molecule has 0 aliphatic heterocycles. The van der Waals surface area contributed by atoms with Crippen LogP contribution in [0.2, 0.25) is 0 Å². The molecule has 0 aromatic rings. The highest BCUT2D eigenvalue weighted by molar-refractivity contribution is 5.38. The van der Waals surface area contributed by atoms with E-state index in [-0.39, 0.29) is 17.9 Å². The van der Waals surface area contributed by atoms with Crippen molar-refractivity contribution in [3.8, 4) is 0 Å². The third-order valence-electron chi connectivity index (χ3n) is 8.56. The van der Waals surface area contributed by atoms with Crippen LogP contribution in [-0.2, 0) is 0 Å². The van der Waals surface area contributed by atoms with Crippen molar-refractivity contribution in [1.82, 2.24) is 0 Å². The van der Waals surface area contributed by atoms with Crippen molar-refractivity contribution >= 4 is 0 Å². The Hall–Kier alpha value is -0.860. The second-order valence-corrected chi connectivity index (χ2v) is 9.53. The Morgan fingerprint density at radius 2 is 1.96 bits per heavy atom. The molecule has 0 aromatic heterocycles. The van der Waals surface area contributed by atoms with Gasteiger partial charge in [-0.15, -0.1) is 0 Å². The molecule has 0 radical (unpaired) electrons. The largest absolute Gasteiger partial charge is 0.394 e. The van der Waals surface area contributed by atoms with Crippen molar-refractivity contribution in [1.29, 1.82) is 0 Å². The minimum atomic E-state index is -0.592. The summed E-state index contributed by atoms with van der Waals surface area (Å²) in [6, 6.07) is 0. The van der Waals surface area contributed by atoms with Gasteiger partial charge in [0.1, 0.15) is 0 Å². The van der Waals surface area contributed by atoms with Gasteiger partial charge in [0.15, 0.2) is 0 Å². The lowest BCUT2D eigenvalue weighted by atomic mass is 9.49. The highest BCUT2D eigenvalue weighted by Crippen LogP contribution is 2.64. The molecule has 4 aliphatic rings. The van der Waals surface area contributed by atoms with Crippen LogP contribution in [0, 0.1) is 34.5 Å². The third-order valence-corrected chi connectivity index (χ3v) is 8.56. The summed E-state index contributed by atoms with van der Waals surface area (Å²) in [5.41, 5.74) is 3.83. The van der Waals surface area contributed by atoms with E-state index >= 15 is 0 Å². The van der Waals surface area contributed by atoms with Gasteiger partial charge in [-0.05, 0) is 78.6 Å². The van der Waals surface area contributed by atoms with Crippen molar-refractivity contribution < 1.29 is 10.2 Å². The first-order chi connectivity index (χ1) is 11.9. The fraction of sp³-hybridized carbons (Fsp3) is 0.739. The maximum absolute atomic E-state index is 10.2. The van der Waals surface area contributed by atoms with Crippen LogP contribution in [0.25, 0.3) is 0 Å². The fourth-order valence-corrected chi connectivity index (χ4v) is 6.91. The molecule has 2 unspecified atom stereocenters. The van der Waals surface area contributed by atoms with Crippen LogP contribution in [0.15, 0.2) is 35.5 Å². The minimum absolute atomic E-state index is 0.119. The van der Waals surface area contributed by atoms with Crippen LogP contribution >= 0.6 is 0 Å². The quantitative estimate of drug-likeness (QED) is 0.734. The van der Waals surface area contributed by atoms with Crippen molar-refractivity contribution in [3.05, 3.63) is 35.5 Å². The third kappa shape index (κ3) is 2.44. The molecule has 2 heteroatoms. The average molecular weight is 343 g/mol. The zero-order valence-electron chi connectivity index (χ0n) is 16.0. The zero-order chi connectivity index (χ0) is 17.8. The van der Waals surface area contributed by atoms with E-state index in [9.17, 15) is 10.2 Å². The number of hydrogen-bond acceptors (Lipinski definition) is 2. The summed E-state index contributed by atoms with van der Waals surface area (Å²) in [6.45, 7) is 6.96. The molecule has 0 spiro atoms. The lowest BCUT2D eigenvalue weighted by Crippen LogP contribution is -2.47. The van der Waals surface area contributed by atoms with E-state index in [2.05, 4.69) is 45.1 Å². The molecule has 138 valence electrons. The van der Waals surface area contributed by atoms with Gasteiger partial charge in [0.2, 0.25) is 0 Å². The molecule has 0 aromatic carbocycles. The SMILES string of the molecule is CC(C(O)CO)[C@H]1CC=C2[C@@H]3CC=C4C=CCC[C@]4(C)[C@H]3CC[C@@]21C. The molecule has 1 saturated carbocycles. The molecule has 1 fully saturated rings. The van der Waals surface area contributed by atoms with Gasteiger partial charge in [0.05, 0.1) is 12.7 Å². The van der Waals surface area contributed by atoms with Gasteiger partial charge in [-0.25, -0.2) is 0 Å². The van der Waals surface area contributed by atoms with E-state index in [1.807, 2.05) is 0 Å². The van der Waals surface area contributed by atoms with E-state index in [4.69, 9.17) is 0 Å². The lowest BCUT2D eigenvalue weighted by molar-refractivity contribution is -0.0110. The fourth-order valence-electron chi connectivity index (χ4n) is 6.91. The van der Waals surface area contributed by atoms with Gasteiger partial charge in [-0.2, -0.15) is 0 Å². The van der Waals surface area contributed by atoms with Gasteiger partial charge in [0.25, 0.3) is 0 Å². The number of aliphatic hydroxyl groups excluding tert-OH is 2. The summed E-state index contributed by atoms with van der Waals surface area (Å²) in [5, 5.41) is 19.6. The summed E-state index contributed by atoms with van der Waals surface area (Å²) >= 11 is 0. The lowest BCUT2D eigenvalue weighted by Gasteiger charge is -2.55. The van der Waals surface area contributed by atoms with Crippen LogP contribution in [0.5, 0.6) is 0 Å². The Balaban J connectivity index is 1.64. The number of aliphatic hydroxyl groups is 2.